The summed E-state index contributed by atoms with van der Waals surface area (Å²) in [5.74, 6) is 13.5. The first-order valence-electron chi connectivity index (χ1n) is 30.2. The van der Waals surface area contributed by atoms with Crippen molar-refractivity contribution >= 4 is 111 Å². The maximum Gasteiger partial charge on any atom is 0.182 e. The van der Waals surface area contributed by atoms with E-state index in [2.05, 4.69) is 86.4 Å². The lowest BCUT2D eigenvalue weighted by Gasteiger charge is -2.39. The standard InChI is InChI=1S/C64H97N3O9S8/c1-62(2,65-22-31-74-32-23-65)59(68)52-10-16-55(17-11-52)81-43-37-71-28-7-40-77-46-47-80-51-58(50-79-42-9-30-73-39-45-83-57-20-14-54(15-21-57)61(70)64(5,6)67-26-35-76-36-27-67)84-49-48-78-41-8-29-72-38-44-82-56-18-12-53(13-19-56)60(69)63(3,4)66-24-33-75-34-25-66/h10-21,58H,7-9,22-51H2,1-6H3. The molecule has 0 radical (unpaired) electrons. The van der Waals surface area contributed by atoms with Crippen LogP contribution in [-0.4, -0.2) is 242 Å². The summed E-state index contributed by atoms with van der Waals surface area (Å²) in [5.41, 5.74) is 0.653. The number of carbonyl (C=O) groups excluding carboxylic acids is 3. The number of carbonyl (C=O) groups is 3. The minimum Gasteiger partial charge on any atom is -0.381 e. The molecule has 0 bridgehead atoms. The first-order valence-corrected chi connectivity index (χ1v) is 38.9. The van der Waals surface area contributed by atoms with Gasteiger partial charge in [-0.15, -0.1) is 35.3 Å². The molecule has 3 heterocycles. The highest BCUT2D eigenvalue weighted by atomic mass is 32.2. The lowest BCUT2D eigenvalue weighted by Crippen LogP contribution is -2.54. The molecular formula is C64H97N3O9S8. The number of thioether (sulfide) groups is 8. The van der Waals surface area contributed by atoms with Crippen LogP contribution in [0.25, 0.3) is 0 Å². The average Bonchev–Trinajstić information content (AvgIpc) is 3.73. The summed E-state index contributed by atoms with van der Waals surface area (Å²) in [6.07, 6.45) is 3.19. The largest absolute Gasteiger partial charge is 0.381 e. The van der Waals surface area contributed by atoms with E-state index in [1.54, 1.807) is 35.3 Å². The second kappa shape index (κ2) is 40.8. The number of rotatable bonds is 44. The van der Waals surface area contributed by atoms with Crippen LogP contribution in [-0.2, 0) is 28.4 Å². The first-order chi connectivity index (χ1) is 40.8. The zero-order valence-electron chi connectivity index (χ0n) is 51.1. The van der Waals surface area contributed by atoms with Crippen LogP contribution >= 0.6 is 94.1 Å². The third-order valence-electron chi connectivity index (χ3n) is 15.2. The highest BCUT2D eigenvalue weighted by molar-refractivity contribution is 8.07. The average molecular weight is 1310 g/mol. The second-order valence-corrected chi connectivity index (χ2v) is 32.0. The molecule has 0 aliphatic carbocycles. The van der Waals surface area contributed by atoms with E-state index >= 15 is 0 Å². The van der Waals surface area contributed by atoms with Gasteiger partial charge in [-0.3, -0.25) is 29.1 Å². The molecule has 6 rings (SSSR count). The van der Waals surface area contributed by atoms with E-state index in [1.165, 1.54) is 28.8 Å². The molecule has 1 atom stereocenters. The molecule has 0 spiro atoms. The van der Waals surface area contributed by atoms with E-state index in [1.807, 2.05) is 101 Å². The zero-order chi connectivity index (χ0) is 59.7. The number of hydrogen-bond acceptors (Lipinski definition) is 20. The molecule has 3 aromatic carbocycles. The van der Waals surface area contributed by atoms with E-state index in [-0.39, 0.29) is 17.3 Å². The molecule has 3 fully saturated rings. The Kier molecular flexibility index (Phi) is 35.0. The van der Waals surface area contributed by atoms with Crippen molar-refractivity contribution in [2.24, 2.45) is 0 Å². The minimum absolute atomic E-state index is 0.159. The van der Waals surface area contributed by atoms with Crippen molar-refractivity contribution in [3.63, 3.8) is 0 Å². The molecule has 0 amide bonds. The molecule has 3 saturated heterocycles. The molecule has 3 aromatic rings. The van der Waals surface area contributed by atoms with Gasteiger partial charge in [0.2, 0.25) is 0 Å². The summed E-state index contributed by atoms with van der Waals surface area (Å²) in [6.45, 7) is 25.4. The smallest absolute Gasteiger partial charge is 0.182 e. The number of Topliss-reactive ketones (excluding diaryl/α,β-unsaturated/α-hetero) is 3. The predicted molar refractivity (Wildman–Crippen MR) is 366 cm³/mol. The minimum atomic E-state index is -0.547. The van der Waals surface area contributed by atoms with Crippen molar-refractivity contribution in [2.45, 2.75) is 97.4 Å². The molecule has 0 saturated carbocycles. The zero-order valence-corrected chi connectivity index (χ0v) is 57.7. The maximum atomic E-state index is 13.4. The SMILES string of the molecule is CC(C)(C(=O)c1ccc(SCCOCCCSCCSCC(CSCCCOCCSc2ccc(C(=O)C(C)(C)N3CCOCC3)cc2)SCCSCCCOCCSc2ccc(C(=O)C(C)(C)N3CCOCC3)cc2)cc1)N1CCOCC1. The molecule has 470 valence electrons. The van der Waals surface area contributed by atoms with Crippen molar-refractivity contribution in [1.29, 1.82) is 0 Å². The Bertz CT molecular complexity index is 2300. The Morgan fingerprint density at radius 2 is 0.679 bits per heavy atom. The monoisotopic (exact) mass is 1310 g/mol. The van der Waals surface area contributed by atoms with Gasteiger partial charge in [0.1, 0.15) is 0 Å². The second-order valence-electron chi connectivity index (χ2n) is 22.3. The van der Waals surface area contributed by atoms with Gasteiger partial charge in [0.05, 0.1) is 76.1 Å². The highest BCUT2D eigenvalue weighted by Crippen LogP contribution is 2.29. The van der Waals surface area contributed by atoms with Gasteiger partial charge in [-0.1, -0.05) is 36.4 Å². The van der Waals surface area contributed by atoms with Crippen LogP contribution in [0.1, 0.15) is 91.9 Å². The summed E-state index contributed by atoms with van der Waals surface area (Å²) >= 11 is 15.8. The van der Waals surface area contributed by atoms with E-state index in [0.717, 1.165) is 163 Å². The predicted octanol–water partition coefficient (Wildman–Crippen LogP) is 12.5. The number of morpholine rings is 3. The number of nitrogens with zero attached hydrogens (tertiary/aromatic N) is 3. The van der Waals surface area contributed by atoms with Crippen molar-refractivity contribution in [3.8, 4) is 0 Å². The molecule has 1 unspecified atom stereocenters. The fourth-order valence-electron chi connectivity index (χ4n) is 9.89. The highest BCUT2D eigenvalue weighted by Gasteiger charge is 2.38. The van der Waals surface area contributed by atoms with Gasteiger partial charge in [0, 0.05) is 147 Å². The van der Waals surface area contributed by atoms with Gasteiger partial charge in [-0.2, -0.15) is 58.8 Å². The number of ether oxygens (including phenoxy) is 6. The molecular weight excluding hydrogens is 1210 g/mol. The van der Waals surface area contributed by atoms with E-state index < -0.39 is 16.6 Å². The normalized spacial score (nSPS) is 16.5. The Morgan fingerprint density at radius 1 is 0.393 bits per heavy atom. The van der Waals surface area contributed by atoms with Gasteiger partial charge in [-0.05, 0) is 114 Å². The Hall–Kier alpha value is -0.890. The van der Waals surface area contributed by atoms with Crippen LogP contribution in [0.4, 0.5) is 0 Å². The van der Waals surface area contributed by atoms with E-state index in [4.69, 9.17) is 28.4 Å². The fourth-order valence-corrected chi connectivity index (χ4v) is 18.3. The maximum absolute atomic E-state index is 13.4. The van der Waals surface area contributed by atoms with E-state index in [9.17, 15) is 14.4 Å². The van der Waals surface area contributed by atoms with Crippen molar-refractivity contribution in [1.82, 2.24) is 14.7 Å². The van der Waals surface area contributed by atoms with Crippen molar-refractivity contribution < 1.29 is 42.8 Å². The third-order valence-corrected chi connectivity index (χ3v) is 24.8. The van der Waals surface area contributed by atoms with Crippen molar-refractivity contribution in [3.05, 3.63) is 89.5 Å². The van der Waals surface area contributed by atoms with Gasteiger partial charge in [0.25, 0.3) is 0 Å². The number of ketones is 3. The van der Waals surface area contributed by atoms with Crippen molar-refractivity contribution in [2.75, 3.05) is 188 Å². The van der Waals surface area contributed by atoms with Crippen LogP contribution < -0.4 is 0 Å². The van der Waals surface area contributed by atoms with Gasteiger partial charge >= 0.3 is 0 Å². The lowest BCUT2D eigenvalue weighted by molar-refractivity contribution is -0.00443. The Labute approximate surface area is 539 Å². The molecule has 84 heavy (non-hydrogen) atoms. The Balaban J connectivity index is 0.793. The summed E-state index contributed by atoms with van der Waals surface area (Å²) in [4.78, 5) is 50.3. The molecule has 0 aromatic heterocycles. The lowest BCUT2D eigenvalue weighted by atomic mass is 9.91. The molecule has 3 aliphatic heterocycles. The summed E-state index contributed by atoms with van der Waals surface area (Å²) in [6, 6.07) is 24.2. The fraction of sp³-hybridized carbons (Fsp3) is 0.672. The first kappa shape index (κ1) is 72.2. The molecule has 12 nitrogen and oxygen atoms in total. The van der Waals surface area contributed by atoms with Crippen LogP contribution in [0.2, 0.25) is 0 Å². The number of benzene rings is 3. The van der Waals surface area contributed by atoms with Crippen LogP contribution in [0.3, 0.4) is 0 Å². The summed E-state index contributed by atoms with van der Waals surface area (Å²) < 4.78 is 34.6. The van der Waals surface area contributed by atoms with Gasteiger partial charge in [-0.25, -0.2) is 0 Å². The third kappa shape index (κ3) is 25.8. The summed E-state index contributed by atoms with van der Waals surface area (Å²) in [5, 5.41) is 0.633. The van der Waals surface area contributed by atoms with Crippen LogP contribution in [0.5, 0.6) is 0 Å². The van der Waals surface area contributed by atoms with E-state index in [0.29, 0.717) is 51.5 Å². The Morgan fingerprint density at radius 3 is 1.01 bits per heavy atom. The number of hydrogen-bond donors (Lipinski definition) is 0. The van der Waals surface area contributed by atoms with Crippen LogP contribution in [0, 0.1) is 0 Å². The molecule has 20 heteroatoms. The topological polar surface area (TPSA) is 116 Å². The van der Waals surface area contributed by atoms with Crippen LogP contribution in [0.15, 0.2) is 87.5 Å². The molecule has 0 N–H and O–H groups in total. The van der Waals surface area contributed by atoms with Gasteiger partial charge < -0.3 is 28.4 Å². The quantitative estimate of drug-likeness (QED) is 0.0303. The molecule has 3 aliphatic rings. The van der Waals surface area contributed by atoms with Gasteiger partial charge in [0.15, 0.2) is 17.3 Å². The summed E-state index contributed by atoms with van der Waals surface area (Å²) in [7, 11) is 0.